The number of anilines is 1. The number of benzene rings is 3. The minimum absolute atomic E-state index is 0.188. The molecule has 0 aromatic heterocycles. The molecule has 0 aliphatic carbocycles. The summed E-state index contributed by atoms with van der Waals surface area (Å²) in [6.07, 6.45) is 0. The summed E-state index contributed by atoms with van der Waals surface area (Å²) in [4.78, 5) is 12.6. The molecule has 0 fully saturated rings. The Hall–Kier alpha value is -3.32. The standard InChI is InChI=1S/C25H28N2O4S/c1-17-5-10-23(11-6-17)32(29,30)27-24-12-8-21(15-20(24)4)25(28)26-13-14-31-22-9-7-18(2)19(3)16-22/h5-12,15-16,27H,13-14H2,1-4H3,(H,26,28). The molecule has 168 valence electrons. The van der Waals surface area contributed by atoms with E-state index < -0.39 is 10.0 Å². The summed E-state index contributed by atoms with van der Waals surface area (Å²) in [5.74, 6) is 0.521. The van der Waals surface area contributed by atoms with Crippen LogP contribution in [0.3, 0.4) is 0 Å². The summed E-state index contributed by atoms with van der Waals surface area (Å²) in [5, 5.41) is 2.82. The number of rotatable bonds is 8. The zero-order chi connectivity index (χ0) is 23.3. The van der Waals surface area contributed by atoms with Crippen LogP contribution in [0.1, 0.15) is 32.6 Å². The van der Waals surface area contributed by atoms with Crippen LogP contribution in [-0.2, 0) is 10.0 Å². The van der Waals surface area contributed by atoms with Crippen LogP contribution in [0, 0.1) is 27.7 Å². The summed E-state index contributed by atoms with van der Waals surface area (Å²) in [5.41, 5.74) is 4.87. The molecule has 0 heterocycles. The van der Waals surface area contributed by atoms with Gasteiger partial charge in [0.25, 0.3) is 15.9 Å². The zero-order valence-electron chi connectivity index (χ0n) is 18.7. The van der Waals surface area contributed by atoms with E-state index >= 15 is 0 Å². The van der Waals surface area contributed by atoms with Gasteiger partial charge in [0.1, 0.15) is 12.4 Å². The van der Waals surface area contributed by atoms with Gasteiger partial charge >= 0.3 is 0 Å². The highest BCUT2D eigenvalue weighted by atomic mass is 32.2. The minimum atomic E-state index is -3.70. The minimum Gasteiger partial charge on any atom is -0.492 e. The number of nitrogens with one attached hydrogen (secondary N) is 2. The number of carbonyl (C=O) groups excluding carboxylic acids is 1. The maximum absolute atomic E-state index is 12.6. The molecule has 0 aliphatic heterocycles. The van der Waals surface area contributed by atoms with E-state index in [2.05, 4.69) is 10.0 Å². The van der Waals surface area contributed by atoms with Gasteiger partial charge in [-0.25, -0.2) is 8.42 Å². The molecular weight excluding hydrogens is 424 g/mol. The largest absolute Gasteiger partial charge is 0.492 e. The summed E-state index contributed by atoms with van der Waals surface area (Å²) >= 11 is 0. The third-order valence-electron chi connectivity index (χ3n) is 5.20. The van der Waals surface area contributed by atoms with Crippen molar-refractivity contribution < 1.29 is 17.9 Å². The summed E-state index contributed by atoms with van der Waals surface area (Å²) in [7, 11) is -3.70. The molecule has 3 aromatic rings. The van der Waals surface area contributed by atoms with Gasteiger partial charge in [0, 0.05) is 5.56 Å². The number of hydrogen-bond acceptors (Lipinski definition) is 4. The van der Waals surface area contributed by atoms with Crippen molar-refractivity contribution in [3.8, 4) is 5.75 Å². The fourth-order valence-electron chi connectivity index (χ4n) is 3.08. The van der Waals surface area contributed by atoms with E-state index in [4.69, 9.17) is 4.74 Å². The van der Waals surface area contributed by atoms with Crippen LogP contribution in [-0.4, -0.2) is 27.5 Å². The van der Waals surface area contributed by atoms with Gasteiger partial charge in [-0.1, -0.05) is 23.8 Å². The highest BCUT2D eigenvalue weighted by Crippen LogP contribution is 2.21. The molecule has 0 spiro atoms. The van der Waals surface area contributed by atoms with Crippen molar-refractivity contribution >= 4 is 21.6 Å². The average molecular weight is 453 g/mol. The van der Waals surface area contributed by atoms with E-state index in [9.17, 15) is 13.2 Å². The topological polar surface area (TPSA) is 84.5 Å². The van der Waals surface area contributed by atoms with Gasteiger partial charge < -0.3 is 10.1 Å². The van der Waals surface area contributed by atoms with Crippen LogP contribution in [0.4, 0.5) is 5.69 Å². The second kappa shape index (κ2) is 9.87. The van der Waals surface area contributed by atoms with Gasteiger partial charge in [0.15, 0.2) is 0 Å². The highest BCUT2D eigenvalue weighted by molar-refractivity contribution is 7.92. The smallest absolute Gasteiger partial charge is 0.261 e. The molecule has 0 saturated carbocycles. The number of sulfonamides is 1. The second-order valence-electron chi connectivity index (χ2n) is 7.80. The average Bonchev–Trinajstić information content (AvgIpc) is 2.75. The van der Waals surface area contributed by atoms with Gasteiger partial charge in [0.05, 0.1) is 17.1 Å². The molecule has 1 amide bonds. The molecular formula is C25H28N2O4S. The molecule has 7 heteroatoms. The molecule has 6 nitrogen and oxygen atoms in total. The fourth-order valence-corrected chi connectivity index (χ4v) is 4.21. The Kier molecular flexibility index (Phi) is 7.20. The molecule has 3 aromatic carbocycles. The Morgan fingerprint density at radius 3 is 2.22 bits per heavy atom. The van der Waals surface area contributed by atoms with Crippen molar-refractivity contribution in [2.24, 2.45) is 0 Å². The Labute approximate surface area is 189 Å². The lowest BCUT2D eigenvalue weighted by molar-refractivity contribution is 0.0947. The first-order chi connectivity index (χ1) is 15.2. The molecule has 0 aliphatic rings. The Morgan fingerprint density at radius 1 is 0.844 bits per heavy atom. The van der Waals surface area contributed by atoms with E-state index in [1.165, 1.54) is 5.56 Å². The molecule has 3 rings (SSSR count). The predicted octanol–water partition coefficient (Wildman–Crippen LogP) is 4.53. The number of amides is 1. The monoisotopic (exact) mass is 452 g/mol. The first-order valence-corrected chi connectivity index (χ1v) is 11.8. The Balaban J connectivity index is 1.57. The maximum atomic E-state index is 12.6. The van der Waals surface area contributed by atoms with E-state index in [1.54, 1.807) is 49.4 Å². The number of aryl methyl sites for hydroxylation is 4. The quantitative estimate of drug-likeness (QED) is 0.492. The Morgan fingerprint density at radius 2 is 1.56 bits per heavy atom. The molecule has 2 N–H and O–H groups in total. The van der Waals surface area contributed by atoms with E-state index in [0.29, 0.717) is 30.0 Å². The number of ether oxygens (including phenoxy) is 1. The van der Waals surface area contributed by atoms with E-state index in [-0.39, 0.29) is 10.8 Å². The lowest BCUT2D eigenvalue weighted by Gasteiger charge is -2.13. The van der Waals surface area contributed by atoms with Gasteiger partial charge in [-0.15, -0.1) is 0 Å². The summed E-state index contributed by atoms with van der Waals surface area (Å²) in [6, 6.07) is 17.4. The lowest BCUT2D eigenvalue weighted by Crippen LogP contribution is -2.28. The van der Waals surface area contributed by atoms with Gasteiger partial charge in [0.2, 0.25) is 0 Å². The van der Waals surface area contributed by atoms with Crippen molar-refractivity contribution in [3.05, 3.63) is 88.5 Å². The summed E-state index contributed by atoms with van der Waals surface area (Å²) < 4.78 is 33.5. The van der Waals surface area contributed by atoms with E-state index in [1.807, 2.05) is 39.0 Å². The van der Waals surface area contributed by atoms with Crippen molar-refractivity contribution in [1.82, 2.24) is 5.32 Å². The summed E-state index contributed by atoms with van der Waals surface area (Å²) in [6.45, 7) is 8.42. The molecule has 0 unspecified atom stereocenters. The maximum Gasteiger partial charge on any atom is 0.261 e. The molecule has 32 heavy (non-hydrogen) atoms. The van der Waals surface area contributed by atoms with Gasteiger partial charge in [-0.05, 0) is 86.8 Å². The first kappa shape index (κ1) is 23.3. The number of carbonyl (C=O) groups is 1. The van der Waals surface area contributed by atoms with Crippen LogP contribution >= 0.6 is 0 Å². The van der Waals surface area contributed by atoms with E-state index in [0.717, 1.165) is 16.9 Å². The third kappa shape index (κ3) is 5.88. The zero-order valence-corrected chi connectivity index (χ0v) is 19.5. The number of hydrogen-bond donors (Lipinski definition) is 2. The van der Waals surface area contributed by atoms with Crippen LogP contribution in [0.25, 0.3) is 0 Å². The SMILES string of the molecule is Cc1ccc(S(=O)(=O)Nc2ccc(C(=O)NCCOc3ccc(C)c(C)c3)cc2C)cc1. The third-order valence-corrected chi connectivity index (χ3v) is 6.58. The van der Waals surface area contributed by atoms with Gasteiger partial charge in [-0.3, -0.25) is 9.52 Å². The van der Waals surface area contributed by atoms with Crippen molar-refractivity contribution in [1.29, 1.82) is 0 Å². The molecule has 0 radical (unpaired) electrons. The van der Waals surface area contributed by atoms with Crippen LogP contribution in [0.2, 0.25) is 0 Å². The van der Waals surface area contributed by atoms with Crippen molar-refractivity contribution in [2.75, 3.05) is 17.9 Å². The highest BCUT2D eigenvalue weighted by Gasteiger charge is 2.16. The molecule has 0 bridgehead atoms. The Bertz CT molecular complexity index is 1220. The lowest BCUT2D eigenvalue weighted by atomic mass is 10.1. The first-order valence-electron chi connectivity index (χ1n) is 10.3. The predicted molar refractivity (Wildman–Crippen MR) is 127 cm³/mol. The molecule has 0 atom stereocenters. The molecule has 0 saturated heterocycles. The fraction of sp³-hybridized carbons (Fsp3) is 0.240. The van der Waals surface area contributed by atoms with Crippen molar-refractivity contribution in [3.63, 3.8) is 0 Å². The van der Waals surface area contributed by atoms with Crippen LogP contribution < -0.4 is 14.8 Å². The van der Waals surface area contributed by atoms with Crippen LogP contribution in [0.5, 0.6) is 5.75 Å². The second-order valence-corrected chi connectivity index (χ2v) is 9.48. The van der Waals surface area contributed by atoms with Crippen LogP contribution in [0.15, 0.2) is 65.6 Å². The van der Waals surface area contributed by atoms with Gasteiger partial charge in [-0.2, -0.15) is 0 Å². The van der Waals surface area contributed by atoms with Crippen molar-refractivity contribution in [2.45, 2.75) is 32.6 Å². The normalized spacial score (nSPS) is 11.1.